The van der Waals surface area contributed by atoms with Crippen molar-refractivity contribution in [2.24, 2.45) is 0 Å². The van der Waals surface area contributed by atoms with E-state index >= 15 is 0 Å². The van der Waals surface area contributed by atoms with Gasteiger partial charge in [-0.05, 0) is 6.92 Å². The maximum absolute atomic E-state index is 5.59. The van der Waals surface area contributed by atoms with Crippen LogP contribution in [0, 0.1) is 0 Å². The molecule has 1 heterocycles. The van der Waals surface area contributed by atoms with Gasteiger partial charge in [0.1, 0.15) is 10.8 Å². The molecule has 0 unspecified atom stereocenters. The van der Waals surface area contributed by atoms with Crippen LogP contribution in [0.3, 0.4) is 0 Å². The Kier molecular flexibility index (Phi) is 4.00. The number of rotatable bonds is 4. The Bertz CT molecular complexity index is 301. The van der Waals surface area contributed by atoms with Crippen molar-refractivity contribution in [3.63, 3.8) is 0 Å². The van der Waals surface area contributed by atoms with E-state index in [0.717, 1.165) is 17.4 Å². The third kappa shape index (κ3) is 3.41. The molecule has 0 radical (unpaired) electrons. The van der Waals surface area contributed by atoms with Gasteiger partial charge < -0.3 is 11.1 Å². The lowest BCUT2D eigenvalue weighted by Crippen LogP contribution is -2.04. The summed E-state index contributed by atoms with van der Waals surface area (Å²) in [4.78, 5) is 8.22. The van der Waals surface area contributed by atoms with Crippen molar-refractivity contribution in [2.75, 3.05) is 17.6 Å². The minimum absolute atomic E-state index is 0.326. The summed E-state index contributed by atoms with van der Waals surface area (Å²) in [6.45, 7) is 7.10. The summed E-state index contributed by atoms with van der Waals surface area (Å²) in [7, 11) is 0. The molecule has 1 rings (SSSR count). The Morgan fingerprint density at radius 2 is 2.21 bits per heavy atom. The number of nitrogens with two attached hydrogens (primary N) is 1. The van der Waals surface area contributed by atoms with Gasteiger partial charge in [-0.3, -0.25) is 0 Å². The first-order chi connectivity index (χ1) is 6.61. The third-order valence-electron chi connectivity index (χ3n) is 1.43. The maximum atomic E-state index is 5.59. The molecule has 1 aromatic rings. The maximum Gasteiger partial charge on any atom is 0.223 e. The van der Waals surface area contributed by atoms with Crippen LogP contribution in [-0.4, -0.2) is 21.8 Å². The number of hydrogen-bond donors (Lipinski definition) is 2. The molecule has 0 aliphatic rings. The van der Waals surface area contributed by atoms with Gasteiger partial charge in [0.25, 0.3) is 0 Å². The van der Waals surface area contributed by atoms with E-state index in [1.165, 1.54) is 0 Å². The van der Waals surface area contributed by atoms with Crippen molar-refractivity contribution in [3.8, 4) is 0 Å². The Morgan fingerprint density at radius 3 is 2.79 bits per heavy atom. The molecule has 14 heavy (non-hydrogen) atoms. The first kappa shape index (κ1) is 11.1. The largest absolute Gasteiger partial charge is 0.370 e. The summed E-state index contributed by atoms with van der Waals surface area (Å²) in [5.74, 6) is 1.12. The second-order valence-electron chi connectivity index (χ2n) is 3.15. The number of hydrogen-bond acceptors (Lipinski definition) is 5. The SMILES string of the molecule is CCNc1cc(SC(C)C)nc(N)n1. The second kappa shape index (κ2) is 5.05. The predicted octanol–water partition coefficient (Wildman–Crippen LogP) is 1.99. The molecule has 4 nitrogen and oxygen atoms in total. The van der Waals surface area contributed by atoms with Crippen LogP contribution in [0.4, 0.5) is 11.8 Å². The first-order valence-electron chi connectivity index (χ1n) is 4.67. The summed E-state index contributed by atoms with van der Waals surface area (Å²) >= 11 is 1.68. The lowest BCUT2D eigenvalue weighted by atomic mass is 10.5. The van der Waals surface area contributed by atoms with E-state index in [2.05, 4.69) is 29.1 Å². The van der Waals surface area contributed by atoms with Gasteiger partial charge in [-0.1, -0.05) is 13.8 Å². The zero-order valence-corrected chi connectivity index (χ0v) is 9.56. The topological polar surface area (TPSA) is 63.8 Å². The first-order valence-corrected chi connectivity index (χ1v) is 5.55. The Morgan fingerprint density at radius 1 is 1.50 bits per heavy atom. The number of nitrogen functional groups attached to an aromatic ring is 1. The molecule has 0 bridgehead atoms. The molecule has 0 aliphatic heterocycles. The third-order valence-corrected chi connectivity index (χ3v) is 2.36. The fourth-order valence-corrected chi connectivity index (χ4v) is 1.83. The van der Waals surface area contributed by atoms with Gasteiger partial charge in [0.2, 0.25) is 5.95 Å². The molecule has 0 saturated heterocycles. The Labute approximate surface area is 88.7 Å². The van der Waals surface area contributed by atoms with Crippen LogP contribution >= 0.6 is 11.8 Å². The molecule has 0 spiro atoms. The van der Waals surface area contributed by atoms with E-state index in [-0.39, 0.29) is 0 Å². The van der Waals surface area contributed by atoms with E-state index in [1.807, 2.05) is 13.0 Å². The Balaban J connectivity index is 2.83. The molecule has 0 aliphatic carbocycles. The molecule has 0 aromatic carbocycles. The van der Waals surface area contributed by atoms with Crippen LogP contribution < -0.4 is 11.1 Å². The highest BCUT2D eigenvalue weighted by molar-refractivity contribution is 7.99. The van der Waals surface area contributed by atoms with Crippen LogP contribution in [0.15, 0.2) is 11.1 Å². The van der Waals surface area contributed by atoms with Crippen LogP contribution in [0.1, 0.15) is 20.8 Å². The Hall–Kier alpha value is -0.970. The highest BCUT2D eigenvalue weighted by Crippen LogP contribution is 2.23. The molecule has 0 fully saturated rings. The van der Waals surface area contributed by atoms with Gasteiger partial charge in [-0.25, -0.2) is 4.98 Å². The van der Waals surface area contributed by atoms with Crippen LogP contribution in [0.25, 0.3) is 0 Å². The van der Waals surface area contributed by atoms with E-state index in [0.29, 0.717) is 11.2 Å². The monoisotopic (exact) mass is 212 g/mol. The highest BCUT2D eigenvalue weighted by Gasteiger charge is 2.04. The highest BCUT2D eigenvalue weighted by atomic mass is 32.2. The van der Waals surface area contributed by atoms with Crippen LogP contribution in [0.2, 0.25) is 0 Å². The molecule has 0 amide bonds. The van der Waals surface area contributed by atoms with Gasteiger partial charge in [0.05, 0.1) is 0 Å². The molecular formula is C9H16N4S. The number of anilines is 2. The second-order valence-corrected chi connectivity index (χ2v) is 4.74. The number of aromatic nitrogens is 2. The molecule has 1 aromatic heterocycles. The fourth-order valence-electron chi connectivity index (χ4n) is 1.02. The number of nitrogens with zero attached hydrogens (tertiary/aromatic N) is 2. The fraction of sp³-hybridized carbons (Fsp3) is 0.556. The van der Waals surface area contributed by atoms with Crippen molar-refractivity contribution in [2.45, 2.75) is 31.0 Å². The van der Waals surface area contributed by atoms with Gasteiger partial charge in [0, 0.05) is 17.9 Å². The minimum atomic E-state index is 0.326. The number of nitrogens with one attached hydrogen (secondary N) is 1. The zero-order chi connectivity index (χ0) is 10.6. The molecule has 0 saturated carbocycles. The van der Waals surface area contributed by atoms with Gasteiger partial charge in [0.15, 0.2) is 0 Å². The summed E-state index contributed by atoms with van der Waals surface area (Å²) in [5.41, 5.74) is 5.59. The van der Waals surface area contributed by atoms with Crippen LogP contribution in [-0.2, 0) is 0 Å². The summed E-state index contributed by atoms with van der Waals surface area (Å²) in [5, 5.41) is 4.54. The molecule has 0 atom stereocenters. The zero-order valence-electron chi connectivity index (χ0n) is 8.74. The minimum Gasteiger partial charge on any atom is -0.370 e. The van der Waals surface area contributed by atoms with E-state index in [4.69, 9.17) is 5.73 Å². The van der Waals surface area contributed by atoms with Crippen molar-refractivity contribution in [3.05, 3.63) is 6.07 Å². The van der Waals surface area contributed by atoms with Gasteiger partial charge in [-0.2, -0.15) is 4.98 Å². The lowest BCUT2D eigenvalue weighted by molar-refractivity contribution is 1.03. The average Bonchev–Trinajstić information content (AvgIpc) is 2.01. The van der Waals surface area contributed by atoms with E-state index < -0.39 is 0 Å². The van der Waals surface area contributed by atoms with Crippen molar-refractivity contribution in [1.29, 1.82) is 0 Å². The quantitative estimate of drug-likeness (QED) is 0.590. The standard InChI is InChI=1S/C9H16N4S/c1-4-11-7-5-8(14-6(2)3)13-9(10)12-7/h5-6H,4H2,1-3H3,(H3,10,11,12,13). The normalized spacial score (nSPS) is 10.6. The molecule has 78 valence electrons. The molecule has 3 N–H and O–H groups in total. The smallest absolute Gasteiger partial charge is 0.223 e. The van der Waals surface area contributed by atoms with E-state index in [1.54, 1.807) is 11.8 Å². The summed E-state index contributed by atoms with van der Waals surface area (Å²) in [6, 6.07) is 1.92. The molecule has 5 heteroatoms. The number of thioether (sulfide) groups is 1. The predicted molar refractivity (Wildman–Crippen MR) is 61.6 cm³/mol. The van der Waals surface area contributed by atoms with Crippen molar-refractivity contribution < 1.29 is 0 Å². The summed E-state index contributed by atoms with van der Waals surface area (Å²) in [6.07, 6.45) is 0. The van der Waals surface area contributed by atoms with Crippen molar-refractivity contribution >= 4 is 23.5 Å². The average molecular weight is 212 g/mol. The van der Waals surface area contributed by atoms with Crippen LogP contribution in [0.5, 0.6) is 0 Å². The van der Waals surface area contributed by atoms with Gasteiger partial charge in [-0.15, -0.1) is 11.8 Å². The van der Waals surface area contributed by atoms with E-state index in [9.17, 15) is 0 Å². The molecular weight excluding hydrogens is 196 g/mol. The lowest BCUT2D eigenvalue weighted by Gasteiger charge is -2.07. The van der Waals surface area contributed by atoms with Gasteiger partial charge >= 0.3 is 0 Å². The summed E-state index contributed by atoms with van der Waals surface area (Å²) < 4.78 is 0. The van der Waals surface area contributed by atoms with Crippen molar-refractivity contribution in [1.82, 2.24) is 9.97 Å².